The number of ether oxygens (including phenoxy) is 2. The Morgan fingerprint density at radius 3 is 2.09 bits per heavy atom. The Morgan fingerprint density at radius 2 is 1.53 bits per heavy atom. The zero-order chi connectivity index (χ0) is 24.1. The minimum absolute atomic E-state index is 0.0653. The summed E-state index contributed by atoms with van der Waals surface area (Å²) in [5, 5.41) is 22.6. The van der Waals surface area contributed by atoms with E-state index in [4.69, 9.17) is 9.47 Å². The molecule has 3 aromatic rings. The Hall–Kier alpha value is -4.24. The van der Waals surface area contributed by atoms with Gasteiger partial charge in [-0.05, 0) is 39.9 Å². The van der Waals surface area contributed by atoms with Gasteiger partial charge in [-0.25, -0.2) is 9.59 Å². The predicted octanol–water partition coefficient (Wildman–Crippen LogP) is 3.54. The van der Waals surface area contributed by atoms with Crippen molar-refractivity contribution < 1.29 is 29.1 Å². The highest BCUT2D eigenvalue weighted by molar-refractivity contribution is 5.82. The van der Waals surface area contributed by atoms with Crippen molar-refractivity contribution in [1.82, 2.24) is 5.32 Å². The molecule has 174 valence electrons. The van der Waals surface area contributed by atoms with Crippen LogP contribution in [0.2, 0.25) is 0 Å². The van der Waals surface area contributed by atoms with Crippen LogP contribution in [0, 0.1) is 10.1 Å². The number of hydrogen-bond donors (Lipinski definition) is 2. The fourth-order valence-electron chi connectivity index (χ4n) is 3.93. The van der Waals surface area contributed by atoms with Gasteiger partial charge in [-0.15, -0.1) is 0 Å². The van der Waals surface area contributed by atoms with Crippen molar-refractivity contribution in [3.63, 3.8) is 0 Å². The number of benzene rings is 3. The van der Waals surface area contributed by atoms with Crippen LogP contribution in [-0.4, -0.2) is 41.3 Å². The summed E-state index contributed by atoms with van der Waals surface area (Å²) in [5.41, 5.74) is 4.73. The van der Waals surface area contributed by atoms with E-state index in [2.05, 4.69) is 5.32 Å². The third-order valence-corrected chi connectivity index (χ3v) is 5.63. The van der Waals surface area contributed by atoms with E-state index in [9.17, 15) is 24.8 Å². The lowest BCUT2D eigenvalue weighted by molar-refractivity contribution is -0.384. The summed E-state index contributed by atoms with van der Waals surface area (Å²) >= 11 is 0. The van der Waals surface area contributed by atoms with Gasteiger partial charge in [0.05, 0.1) is 11.5 Å². The zero-order valence-electron chi connectivity index (χ0n) is 18.0. The van der Waals surface area contributed by atoms with Crippen molar-refractivity contribution in [3.8, 4) is 11.1 Å². The van der Waals surface area contributed by atoms with Crippen molar-refractivity contribution in [1.29, 1.82) is 0 Å². The van der Waals surface area contributed by atoms with Gasteiger partial charge in [0.1, 0.15) is 13.2 Å². The van der Waals surface area contributed by atoms with Crippen LogP contribution in [-0.2, 0) is 20.9 Å². The SMILES string of the molecule is O=C(N[C@@H](CO)C(=O)OCc1ccc([N+](=O)[O-])cc1)OCC1c2ccccc2-c2ccccc21. The number of carbonyl (C=O) groups excluding carboxylic acids is 2. The molecule has 0 aliphatic heterocycles. The summed E-state index contributed by atoms with van der Waals surface area (Å²) in [5.74, 6) is -0.992. The number of aliphatic hydroxyl groups is 1. The Labute approximate surface area is 195 Å². The van der Waals surface area contributed by atoms with Crippen LogP contribution in [0.25, 0.3) is 11.1 Å². The highest BCUT2D eigenvalue weighted by Crippen LogP contribution is 2.44. The number of nitro groups is 1. The molecule has 1 aliphatic carbocycles. The number of esters is 1. The average Bonchev–Trinajstić information content (AvgIpc) is 3.18. The number of fused-ring (bicyclic) bond motifs is 3. The summed E-state index contributed by atoms with van der Waals surface area (Å²) in [6, 6.07) is 20.0. The number of hydrogen-bond acceptors (Lipinski definition) is 7. The molecular formula is C25H22N2O7. The Kier molecular flexibility index (Phi) is 6.84. The molecule has 3 aromatic carbocycles. The molecule has 9 nitrogen and oxygen atoms in total. The maximum Gasteiger partial charge on any atom is 0.407 e. The van der Waals surface area contributed by atoms with Crippen LogP contribution in [0.4, 0.5) is 10.5 Å². The standard InChI is InChI=1S/C25H22N2O7/c28-13-23(24(29)33-14-16-9-11-17(12-10-16)27(31)32)26-25(30)34-15-22-20-7-3-1-5-18(20)19-6-2-4-8-21(19)22/h1-12,22-23,28H,13-15H2,(H,26,30)/t23-/m0/s1. The topological polar surface area (TPSA) is 128 Å². The van der Waals surface area contributed by atoms with Gasteiger partial charge in [-0.3, -0.25) is 10.1 Å². The summed E-state index contributed by atoms with van der Waals surface area (Å²) in [7, 11) is 0. The number of carbonyl (C=O) groups is 2. The molecule has 9 heteroatoms. The van der Waals surface area contributed by atoms with Crippen molar-refractivity contribution in [2.24, 2.45) is 0 Å². The quantitative estimate of drug-likeness (QED) is 0.298. The third kappa shape index (κ3) is 4.89. The minimum atomic E-state index is -1.31. The van der Waals surface area contributed by atoms with E-state index >= 15 is 0 Å². The first kappa shape index (κ1) is 22.9. The summed E-state index contributed by atoms with van der Waals surface area (Å²) < 4.78 is 10.5. The maximum absolute atomic E-state index is 12.4. The number of nitro benzene ring substituents is 1. The molecule has 0 saturated carbocycles. The number of alkyl carbamates (subject to hydrolysis) is 1. The smallest absolute Gasteiger partial charge is 0.407 e. The predicted molar refractivity (Wildman–Crippen MR) is 122 cm³/mol. The third-order valence-electron chi connectivity index (χ3n) is 5.63. The van der Waals surface area contributed by atoms with Crippen molar-refractivity contribution in [2.75, 3.05) is 13.2 Å². The number of rotatable bonds is 8. The van der Waals surface area contributed by atoms with E-state index in [1.54, 1.807) is 0 Å². The molecule has 2 N–H and O–H groups in total. The van der Waals surface area contributed by atoms with Crippen LogP contribution in [0.5, 0.6) is 0 Å². The molecule has 1 amide bonds. The molecular weight excluding hydrogens is 440 g/mol. The van der Waals surface area contributed by atoms with Gasteiger partial charge in [0.2, 0.25) is 0 Å². The summed E-state index contributed by atoms with van der Waals surface area (Å²) in [4.78, 5) is 34.8. The van der Waals surface area contributed by atoms with Crippen molar-refractivity contribution >= 4 is 17.7 Å². The molecule has 0 saturated heterocycles. The lowest BCUT2D eigenvalue weighted by Crippen LogP contribution is -2.44. The summed E-state index contributed by atoms with van der Waals surface area (Å²) in [6.07, 6.45) is -0.854. The first-order valence-electron chi connectivity index (χ1n) is 10.6. The Morgan fingerprint density at radius 1 is 0.941 bits per heavy atom. The maximum atomic E-state index is 12.4. The van der Waals surface area contributed by atoms with Crippen LogP contribution in [0.1, 0.15) is 22.6 Å². The van der Waals surface area contributed by atoms with Gasteiger partial charge in [0.15, 0.2) is 6.04 Å². The number of nitrogens with zero attached hydrogens (tertiary/aromatic N) is 1. The van der Waals surface area contributed by atoms with E-state index in [0.29, 0.717) is 5.56 Å². The highest BCUT2D eigenvalue weighted by atomic mass is 16.6. The molecule has 0 fully saturated rings. The average molecular weight is 462 g/mol. The first-order valence-corrected chi connectivity index (χ1v) is 10.6. The molecule has 0 unspecified atom stereocenters. The molecule has 34 heavy (non-hydrogen) atoms. The lowest BCUT2D eigenvalue weighted by atomic mass is 9.98. The van der Waals surface area contributed by atoms with Crippen LogP contribution in [0.3, 0.4) is 0 Å². The van der Waals surface area contributed by atoms with E-state index in [1.807, 2.05) is 48.5 Å². The normalized spacial score (nSPS) is 12.9. The van der Waals surface area contributed by atoms with E-state index in [-0.39, 0.29) is 24.8 Å². The van der Waals surface area contributed by atoms with Gasteiger partial charge < -0.3 is 19.9 Å². The van der Waals surface area contributed by atoms with Gasteiger partial charge in [-0.2, -0.15) is 0 Å². The van der Waals surface area contributed by atoms with Gasteiger partial charge in [-0.1, -0.05) is 48.5 Å². The fourth-order valence-corrected chi connectivity index (χ4v) is 3.93. The molecule has 0 spiro atoms. The number of nitrogens with one attached hydrogen (secondary N) is 1. The second-order valence-electron chi connectivity index (χ2n) is 7.74. The minimum Gasteiger partial charge on any atom is -0.459 e. The zero-order valence-corrected chi connectivity index (χ0v) is 18.0. The molecule has 1 aliphatic rings. The largest absolute Gasteiger partial charge is 0.459 e. The van der Waals surface area contributed by atoms with Crippen molar-refractivity contribution in [3.05, 3.63) is 99.6 Å². The number of amides is 1. The van der Waals surface area contributed by atoms with E-state index in [1.165, 1.54) is 24.3 Å². The highest BCUT2D eigenvalue weighted by Gasteiger charge is 2.30. The van der Waals surface area contributed by atoms with E-state index < -0.39 is 29.6 Å². The number of aliphatic hydroxyl groups excluding tert-OH is 1. The van der Waals surface area contributed by atoms with Crippen LogP contribution in [0.15, 0.2) is 72.8 Å². The van der Waals surface area contributed by atoms with Crippen molar-refractivity contribution in [2.45, 2.75) is 18.6 Å². The molecule has 0 bridgehead atoms. The Balaban J connectivity index is 1.32. The van der Waals surface area contributed by atoms with Gasteiger partial charge >= 0.3 is 12.1 Å². The molecule has 0 aromatic heterocycles. The first-order chi connectivity index (χ1) is 16.5. The fraction of sp³-hybridized carbons (Fsp3) is 0.200. The Bertz CT molecular complexity index is 1160. The van der Waals surface area contributed by atoms with Crippen LogP contribution >= 0.6 is 0 Å². The molecule has 4 rings (SSSR count). The second-order valence-corrected chi connectivity index (χ2v) is 7.74. The van der Waals surface area contributed by atoms with Gasteiger partial charge in [0.25, 0.3) is 5.69 Å². The monoisotopic (exact) mass is 462 g/mol. The molecule has 1 atom stereocenters. The molecule has 0 radical (unpaired) electrons. The number of non-ortho nitro benzene ring substituents is 1. The van der Waals surface area contributed by atoms with Gasteiger partial charge in [0, 0.05) is 18.1 Å². The summed E-state index contributed by atoms with van der Waals surface area (Å²) in [6.45, 7) is -0.779. The van der Waals surface area contributed by atoms with E-state index in [0.717, 1.165) is 22.3 Å². The van der Waals surface area contributed by atoms with Crippen LogP contribution < -0.4 is 5.32 Å². The second kappa shape index (κ2) is 10.1. The lowest BCUT2D eigenvalue weighted by Gasteiger charge is -2.18. The molecule has 0 heterocycles.